The van der Waals surface area contributed by atoms with Crippen molar-refractivity contribution in [2.45, 2.75) is 42.7 Å². The summed E-state index contributed by atoms with van der Waals surface area (Å²) in [4.78, 5) is 32.2. The summed E-state index contributed by atoms with van der Waals surface area (Å²) in [5.74, 6) is -0.0788. The van der Waals surface area contributed by atoms with Crippen molar-refractivity contribution in [1.82, 2.24) is 4.90 Å². The van der Waals surface area contributed by atoms with Crippen molar-refractivity contribution in [3.63, 3.8) is 0 Å². The number of benzene rings is 4. The first-order valence-electron chi connectivity index (χ1n) is 13.3. The van der Waals surface area contributed by atoms with E-state index in [0.717, 1.165) is 41.6 Å². The summed E-state index contributed by atoms with van der Waals surface area (Å²) in [6.07, 6.45) is 1.97. The lowest BCUT2D eigenvalue weighted by Gasteiger charge is -2.46. The van der Waals surface area contributed by atoms with Crippen molar-refractivity contribution in [2.24, 2.45) is 0 Å². The second kappa shape index (κ2) is 7.14. The number of hydrogen-bond acceptors (Lipinski definition) is 3. The molecule has 2 heterocycles. The molecule has 0 bridgehead atoms. The van der Waals surface area contributed by atoms with Crippen molar-refractivity contribution < 1.29 is 9.59 Å². The Hall–Kier alpha value is -3.82. The Labute approximate surface area is 216 Å². The molecule has 2 spiro atoms. The van der Waals surface area contributed by atoms with E-state index in [4.69, 9.17) is 0 Å². The summed E-state index contributed by atoms with van der Waals surface area (Å²) < 4.78 is 0. The highest BCUT2D eigenvalue weighted by molar-refractivity contribution is 6.35. The molecule has 4 aromatic rings. The van der Waals surface area contributed by atoms with Gasteiger partial charge in [0, 0.05) is 23.1 Å². The van der Waals surface area contributed by atoms with Gasteiger partial charge in [-0.15, -0.1) is 0 Å². The number of carbonyl (C=O) groups excluding carboxylic acids is 2. The van der Waals surface area contributed by atoms with Gasteiger partial charge in [0.1, 0.15) is 0 Å². The van der Waals surface area contributed by atoms with Crippen LogP contribution >= 0.6 is 0 Å². The van der Waals surface area contributed by atoms with Crippen molar-refractivity contribution in [3.8, 4) is 11.1 Å². The summed E-state index contributed by atoms with van der Waals surface area (Å²) in [5.41, 5.74) is 5.98. The molecular weight excluding hydrogens is 454 g/mol. The predicted molar refractivity (Wildman–Crippen MR) is 144 cm³/mol. The molecule has 0 aromatic heterocycles. The Morgan fingerprint density at radius 2 is 1.19 bits per heavy atom. The highest BCUT2D eigenvalue weighted by Gasteiger charge is 2.79. The van der Waals surface area contributed by atoms with Crippen LogP contribution in [-0.4, -0.2) is 34.6 Å². The summed E-state index contributed by atoms with van der Waals surface area (Å²) >= 11 is 0. The SMILES string of the molecule is Cc1ccc([C@H]2C3CCCN3C3(C(=O)c4ccccc4C3=O)C23c2ccccc2-c2ccccc23)cc1. The molecule has 8 rings (SSSR count). The fourth-order valence-corrected chi connectivity index (χ4v) is 8.53. The van der Waals surface area contributed by atoms with E-state index in [0.29, 0.717) is 11.1 Å². The topological polar surface area (TPSA) is 37.4 Å². The van der Waals surface area contributed by atoms with Crippen LogP contribution in [0.4, 0.5) is 0 Å². The molecule has 0 N–H and O–H groups in total. The second-order valence-electron chi connectivity index (χ2n) is 11.1. The van der Waals surface area contributed by atoms with Gasteiger partial charge in [-0.05, 0) is 54.1 Å². The number of rotatable bonds is 1. The first-order chi connectivity index (χ1) is 18.1. The van der Waals surface area contributed by atoms with Gasteiger partial charge in [0.2, 0.25) is 0 Å². The Balaban J connectivity index is 1.57. The molecule has 4 aromatic carbocycles. The van der Waals surface area contributed by atoms with Gasteiger partial charge >= 0.3 is 0 Å². The standard InChI is InChI=1S/C34H27NO2/c1-21-16-18-22(19-17-21)30-29-15-8-20-35(29)34(31(36)25-11-2-3-12-26(25)32(34)37)33(30)27-13-6-4-9-23(27)24-10-5-7-14-28(24)33/h2-7,9-14,16-19,29-30H,8,15,20H2,1H3/t29?,30-/m0/s1. The van der Waals surface area contributed by atoms with Crippen LogP contribution in [0.5, 0.6) is 0 Å². The molecule has 37 heavy (non-hydrogen) atoms. The van der Waals surface area contributed by atoms with Crippen LogP contribution < -0.4 is 0 Å². The normalized spacial score (nSPS) is 23.9. The van der Waals surface area contributed by atoms with Gasteiger partial charge in [0.15, 0.2) is 17.1 Å². The number of ketones is 2. The van der Waals surface area contributed by atoms with Gasteiger partial charge in [-0.25, -0.2) is 0 Å². The van der Waals surface area contributed by atoms with Gasteiger partial charge in [-0.1, -0.05) is 103 Å². The average Bonchev–Trinajstić information content (AvgIpc) is 3.64. The molecule has 1 unspecified atom stereocenters. The minimum Gasteiger partial charge on any atom is -0.291 e. The smallest absolute Gasteiger partial charge is 0.193 e. The summed E-state index contributed by atoms with van der Waals surface area (Å²) in [5, 5.41) is 0. The van der Waals surface area contributed by atoms with Crippen molar-refractivity contribution in [3.05, 3.63) is 130 Å². The summed E-state index contributed by atoms with van der Waals surface area (Å²) in [7, 11) is 0. The van der Waals surface area contributed by atoms with E-state index >= 15 is 0 Å². The van der Waals surface area contributed by atoms with Crippen LogP contribution in [0.3, 0.4) is 0 Å². The molecule has 3 nitrogen and oxygen atoms in total. The Morgan fingerprint density at radius 1 is 0.676 bits per heavy atom. The largest absolute Gasteiger partial charge is 0.291 e. The third-order valence-corrected chi connectivity index (χ3v) is 9.66. The molecule has 2 atom stereocenters. The number of fused-ring (bicyclic) bond motifs is 9. The van der Waals surface area contributed by atoms with Crippen molar-refractivity contribution >= 4 is 11.6 Å². The first kappa shape index (κ1) is 21.3. The molecule has 3 heteroatoms. The molecule has 2 fully saturated rings. The minimum absolute atomic E-state index is 0.0254. The minimum atomic E-state index is -1.30. The maximum Gasteiger partial charge on any atom is 0.193 e. The lowest BCUT2D eigenvalue weighted by Crippen LogP contribution is -2.64. The quantitative estimate of drug-likeness (QED) is 0.298. The molecule has 2 aliphatic carbocycles. The molecule has 0 saturated carbocycles. The Kier molecular flexibility index (Phi) is 4.11. The van der Waals surface area contributed by atoms with E-state index in [1.807, 2.05) is 24.3 Å². The molecule has 2 aliphatic heterocycles. The van der Waals surface area contributed by atoms with E-state index in [-0.39, 0.29) is 23.5 Å². The van der Waals surface area contributed by atoms with Crippen molar-refractivity contribution in [2.75, 3.05) is 6.54 Å². The van der Waals surface area contributed by atoms with Gasteiger partial charge in [-0.2, -0.15) is 0 Å². The van der Waals surface area contributed by atoms with E-state index in [2.05, 4.69) is 84.6 Å². The molecule has 0 amide bonds. The lowest BCUT2D eigenvalue weighted by molar-refractivity contribution is 0.0497. The number of nitrogens with zero attached hydrogens (tertiary/aromatic N) is 1. The zero-order chi connectivity index (χ0) is 24.9. The first-order valence-corrected chi connectivity index (χ1v) is 13.3. The fourth-order valence-electron chi connectivity index (χ4n) is 8.53. The molecule has 0 radical (unpaired) electrons. The monoisotopic (exact) mass is 481 g/mol. The fraction of sp³-hybridized carbons (Fsp3) is 0.235. The van der Waals surface area contributed by atoms with Crippen LogP contribution in [0.2, 0.25) is 0 Å². The van der Waals surface area contributed by atoms with Gasteiger partial charge in [0.25, 0.3) is 0 Å². The van der Waals surface area contributed by atoms with Crippen molar-refractivity contribution in [1.29, 1.82) is 0 Å². The third-order valence-electron chi connectivity index (χ3n) is 9.66. The third kappa shape index (κ3) is 2.25. The average molecular weight is 482 g/mol. The maximum atomic E-state index is 14.9. The van der Waals surface area contributed by atoms with Crippen LogP contribution in [0.1, 0.15) is 61.7 Å². The van der Waals surface area contributed by atoms with E-state index < -0.39 is 11.0 Å². The van der Waals surface area contributed by atoms with Gasteiger partial charge < -0.3 is 0 Å². The zero-order valence-electron chi connectivity index (χ0n) is 20.8. The van der Waals surface area contributed by atoms with Gasteiger partial charge in [0.05, 0.1) is 5.41 Å². The van der Waals surface area contributed by atoms with E-state index in [1.54, 1.807) is 0 Å². The molecule has 2 saturated heterocycles. The van der Waals surface area contributed by atoms with Gasteiger partial charge in [-0.3, -0.25) is 14.5 Å². The highest BCUT2D eigenvalue weighted by Crippen LogP contribution is 2.70. The Morgan fingerprint density at radius 3 is 1.76 bits per heavy atom. The summed E-state index contributed by atoms with van der Waals surface area (Å²) in [6, 6.07) is 33.4. The molecular formula is C34H27NO2. The van der Waals surface area contributed by atoms with Crippen LogP contribution in [0.25, 0.3) is 11.1 Å². The van der Waals surface area contributed by atoms with Crippen LogP contribution in [-0.2, 0) is 5.41 Å². The molecule has 180 valence electrons. The number of aryl methyl sites for hydroxylation is 1. The number of Topliss-reactive ketones (excluding diaryl/α,β-unsaturated/α-hetero) is 2. The zero-order valence-corrected chi connectivity index (χ0v) is 20.8. The highest BCUT2D eigenvalue weighted by atomic mass is 16.2. The Bertz CT molecular complexity index is 1550. The van der Waals surface area contributed by atoms with Crippen LogP contribution in [0, 0.1) is 6.92 Å². The maximum absolute atomic E-state index is 14.9. The van der Waals surface area contributed by atoms with Crippen LogP contribution in [0.15, 0.2) is 97.1 Å². The summed E-state index contributed by atoms with van der Waals surface area (Å²) in [6.45, 7) is 2.86. The molecule has 4 aliphatic rings. The second-order valence-corrected chi connectivity index (χ2v) is 11.1. The number of carbonyl (C=O) groups is 2. The number of hydrogen-bond donors (Lipinski definition) is 0. The van der Waals surface area contributed by atoms with E-state index in [1.165, 1.54) is 11.1 Å². The predicted octanol–water partition coefficient (Wildman–Crippen LogP) is 6.34. The lowest BCUT2D eigenvalue weighted by atomic mass is 9.55. The van der Waals surface area contributed by atoms with E-state index in [9.17, 15) is 9.59 Å².